The Morgan fingerprint density at radius 2 is 2.20 bits per heavy atom. The van der Waals surface area contributed by atoms with Crippen molar-refractivity contribution in [1.82, 2.24) is 9.78 Å². The van der Waals surface area contributed by atoms with E-state index in [4.69, 9.17) is 5.73 Å². The third-order valence-electron chi connectivity index (χ3n) is 2.65. The number of nitrogens with two attached hydrogens (primary N) is 1. The van der Waals surface area contributed by atoms with Crippen LogP contribution in [0.4, 0.5) is 10.1 Å². The van der Waals surface area contributed by atoms with Crippen LogP contribution in [0.15, 0.2) is 35.5 Å². The number of aromatic nitrogens is 2. The van der Waals surface area contributed by atoms with Crippen LogP contribution >= 0.6 is 0 Å². The lowest BCUT2D eigenvalue weighted by molar-refractivity contribution is 0.597. The Bertz CT molecular complexity index is 712. The summed E-state index contributed by atoms with van der Waals surface area (Å²) in [5.74, 6) is -0.622. The van der Waals surface area contributed by atoms with Crippen LogP contribution in [0.2, 0.25) is 0 Å². The predicted molar refractivity (Wildman–Crippen MR) is 73.2 cm³/mol. The van der Waals surface area contributed by atoms with Crippen molar-refractivity contribution >= 4 is 15.7 Å². The van der Waals surface area contributed by atoms with Crippen LogP contribution in [0.25, 0.3) is 0 Å². The van der Waals surface area contributed by atoms with Gasteiger partial charge in [-0.25, -0.2) is 12.8 Å². The molecule has 1 aromatic heterocycles. The molecule has 0 bridgehead atoms. The van der Waals surface area contributed by atoms with Gasteiger partial charge >= 0.3 is 0 Å². The normalized spacial score (nSPS) is 11.6. The van der Waals surface area contributed by atoms with Gasteiger partial charge in [-0.2, -0.15) is 5.10 Å². The Morgan fingerprint density at radius 1 is 1.45 bits per heavy atom. The number of rotatable bonds is 5. The highest BCUT2D eigenvalue weighted by molar-refractivity contribution is 7.92. The fourth-order valence-corrected chi connectivity index (χ4v) is 2.66. The Balaban J connectivity index is 2.26. The zero-order valence-electron chi connectivity index (χ0n) is 10.9. The standard InChI is InChI=1S/C12H15FN4O2S/c1-9-2-3-12(11(13)6-9)16-20(18,19)10-7-15-17(8-10)5-4-14/h2-3,6-8,16H,4-5,14H2,1H3. The molecule has 0 amide bonds. The lowest BCUT2D eigenvalue weighted by atomic mass is 10.2. The number of sulfonamides is 1. The predicted octanol–water partition coefficient (Wildman–Crippen LogP) is 1.09. The van der Waals surface area contributed by atoms with E-state index >= 15 is 0 Å². The summed E-state index contributed by atoms with van der Waals surface area (Å²) >= 11 is 0. The summed E-state index contributed by atoms with van der Waals surface area (Å²) in [5.41, 5.74) is 5.98. The van der Waals surface area contributed by atoms with Crippen LogP contribution in [-0.4, -0.2) is 24.7 Å². The Hall–Kier alpha value is -1.93. The average Bonchev–Trinajstić information content (AvgIpc) is 2.83. The molecule has 108 valence electrons. The SMILES string of the molecule is Cc1ccc(NS(=O)(=O)c2cnn(CCN)c2)c(F)c1. The van der Waals surface area contributed by atoms with Gasteiger partial charge in [0.25, 0.3) is 10.0 Å². The van der Waals surface area contributed by atoms with Gasteiger partial charge in [0.05, 0.1) is 18.4 Å². The number of benzene rings is 1. The number of nitrogens with zero attached hydrogens (tertiary/aromatic N) is 2. The maximum Gasteiger partial charge on any atom is 0.265 e. The summed E-state index contributed by atoms with van der Waals surface area (Å²) in [6.07, 6.45) is 2.55. The minimum absolute atomic E-state index is 0.0362. The van der Waals surface area contributed by atoms with Crippen LogP contribution in [0.3, 0.4) is 0 Å². The van der Waals surface area contributed by atoms with E-state index in [1.807, 2.05) is 0 Å². The smallest absolute Gasteiger partial charge is 0.265 e. The molecule has 6 nitrogen and oxygen atoms in total. The first-order chi connectivity index (χ1) is 9.42. The molecule has 0 unspecified atom stereocenters. The van der Waals surface area contributed by atoms with Gasteiger partial charge in [-0.1, -0.05) is 6.07 Å². The molecule has 1 heterocycles. The molecule has 2 aromatic rings. The summed E-state index contributed by atoms with van der Waals surface area (Å²) in [5, 5.41) is 3.87. The average molecular weight is 298 g/mol. The molecule has 20 heavy (non-hydrogen) atoms. The van der Waals surface area contributed by atoms with Crippen LogP contribution in [0.1, 0.15) is 5.56 Å². The van der Waals surface area contributed by atoms with Crippen LogP contribution in [0, 0.1) is 12.7 Å². The maximum absolute atomic E-state index is 13.7. The largest absolute Gasteiger partial charge is 0.329 e. The first-order valence-corrected chi connectivity index (χ1v) is 7.42. The fourth-order valence-electron chi connectivity index (χ4n) is 1.64. The quantitative estimate of drug-likeness (QED) is 0.864. The van der Waals surface area contributed by atoms with Crippen molar-refractivity contribution in [1.29, 1.82) is 0 Å². The third kappa shape index (κ3) is 3.14. The number of hydrogen-bond donors (Lipinski definition) is 2. The van der Waals surface area contributed by atoms with Crippen LogP contribution < -0.4 is 10.5 Å². The molecule has 1 aromatic carbocycles. The molecule has 3 N–H and O–H groups in total. The van der Waals surface area contributed by atoms with Gasteiger partial charge in [0.1, 0.15) is 10.7 Å². The monoisotopic (exact) mass is 298 g/mol. The second-order valence-electron chi connectivity index (χ2n) is 4.32. The minimum atomic E-state index is -3.86. The highest BCUT2D eigenvalue weighted by Gasteiger charge is 2.18. The number of halogens is 1. The number of nitrogens with one attached hydrogen (secondary N) is 1. The third-order valence-corrected chi connectivity index (χ3v) is 3.97. The van der Waals surface area contributed by atoms with Gasteiger partial charge in [-0.05, 0) is 24.6 Å². The second kappa shape index (κ2) is 5.59. The molecule has 0 radical (unpaired) electrons. The fraction of sp³-hybridized carbons (Fsp3) is 0.250. The van der Waals surface area contributed by atoms with E-state index in [-0.39, 0.29) is 10.6 Å². The first kappa shape index (κ1) is 14.5. The van der Waals surface area contributed by atoms with Gasteiger partial charge in [0.2, 0.25) is 0 Å². The van der Waals surface area contributed by atoms with E-state index < -0.39 is 15.8 Å². The molecule has 0 aliphatic rings. The van der Waals surface area contributed by atoms with Gasteiger partial charge < -0.3 is 5.73 Å². The molecule has 0 saturated heterocycles. The summed E-state index contributed by atoms with van der Waals surface area (Å²) in [6.45, 7) is 2.48. The molecule has 0 aliphatic heterocycles. The minimum Gasteiger partial charge on any atom is -0.329 e. The van der Waals surface area contributed by atoms with E-state index in [1.165, 1.54) is 29.2 Å². The number of aryl methyl sites for hydroxylation is 1. The molecular weight excluding hydrogens is 283 g/mol. The van der Waals surface area contributed by atoms with E-state index in [9.17, 15) is 12.8 Å². The molecule has 0 spiro atoms. The van der Waals surface area contributed by atoms with E-state index in [0.717, 1.165) is 0 Å². The Morgan fingerprint density at radius 3 is 2.85 bits per heavy atom. The molecule has 0 atom stereocenters. The lowest BCUT2D eigenvalue weighted by Crippen LogP contribution is -2.14. The van der Waals surface area contributed by atoms with Gasteiger partial charge in [-0.3, -0.25) is 9.40 Å². The van der Waals surface area contributed by atoms with E-state index in [2.05, 4.69) is 9.82 Å². The van der Waals surface area contributed by atoms with Gasteiger partial charge in [0.15, 0.2) is 0 Å². The molecule has 0 aliphatic carbocycles. The zero-order valence-corrected chi connectivity index (χ0v) is 11.7. The van der Waals surface area contributed by atoms with Crippen molar-refractivity contribution < 1.29 is 12.8 Å². The molecule has 2 rings (SSSR count). The molecular formula is C12H15FN4O2S. The Kier molecular flexibility index (Phi) is 4.05. The lowest BCUT2D eigenvalue weighted by Gasteiger charge is -2.07. The number of hydrogen-bond acceptors (Lipinski definition) is 4. The zero-order chi connectivity index (χ0) is 14.8. The van der Waals surface area contributed by atoms with Crippen molar-refractivity contribution in [2.75, 3.05) is 11.3 Å². The summed E-state index contributed by atoms with van der Waals surface area (Å²) in [6, 6.07) is 4.26. The maximum atomic E-state index is 13.7. The van der Waals surface area contributed by atoms with Gasteiger partial charge in [0, 0.05) is 12.7 Å². The molecule has 0 saturated carbocycles. The highest BCUT2D eigenvalue weighted by atomic mass is 32.2. The molecule has 8 heteroatoms. The summed E-state index contributed by atoms with van der Waals surface area (Å²) in [4.78, 5) is -0.0362. The summed E-state index contributed by atoms with van der Waals surface area (Å²) in [7, 11) is -3.86. The van der Waals surface area contributed by atoms with Crippen LogP contribution in [-0.2, 0) is 16.6 Å². The second-order valence-corrected chi connectivity index (χ2v) is 6.00. The van der Waals surface area contributed by atoms with Crippen molar-refractivity contribution in [3.05, 3.63) is 42.0 Å². The van der Waals surface area contributed by atoms with Crippen molar-refractivity contribution in [2.24, 2.45) is 5.73 Å². The first-order valence-electron chi connectivity index (χ1n) is 5.94. The van der Waals surface area contributed by atoms with E-state index in [1.54, 1.807) is 13.0 Å². The molecule has 0 fully saturated rings. The van der Waals surface area contributed by atoms with Crippen molar-refractivity contribution in [3.8, 4) is 0 Å². The topological polar surface area (TPSA) is 90.0 Å². The highest BCUT2D eigenvalue weighted by Crippen LogP contribution is 2.19. The Labute approximate surface area is 116 Å². The van der Waals surface area contributed by atoms with Gasteiger partial charge in [-0.15, -0.1) is 0 Å². The van der Waals surface area contributed by atoms with E-state index in [0.29, 0.717) is 18.7 Å². The number of anilines is 1. The van der Waals surface area contributed by atoms with Crippen LogP contribution in [0.5, 0.6) is 0 Å². The van der Waals surface area contributed by atoms with Crippen molar-refractivity contribution in [2.45, 2.75) is 18.4 Å². The van der Waals surface area contributed by atoms with Crippen molar-refractivity contribution in [3.63, 3.8) is 0 Å². The summed E-state index contributed by atoms with van der Waals surface area (Å²) < 4.78 is 41.5.